The highest BCUT2D eigenvalue weighted by molar-refractivity contribution is 5.94. The molecule has 136 valence electrons. The van der Waals surface area contributed by atoms with Crippen molar-refractivity contribution < 1.29 is 9.47 Å². The monoisotopic (exact) mass is 359 g/mol. The van der Waals surface area contributed by atoms with E-state index in [9.17, 15) is 0 Å². The average molecular weight is 359 g/mol. The minimum Gasteiger partial charge on any atom is -0.497 e. The first-order valence-corrected chi connectivity index (χ1v) is 8.73. The summed E-state index contributed by atoms with van der Waals surface area (Å²) >= 11 is 0. The number of nitrogens with one attached hydrogen (secondary N) is 1. The fraction of sp³-hybridized carbons (Fsp3) is 0.136. The molecule has 27 heavy (non-hydrogen) atoms. The standard InChI is InChI=1S/C22H21N3O2/c1-15-5-4-6-20-21(15)24-25(17-9-13-19(27-3)14-10-17)22(20)23-16-7-11-18(26-2)12-8-16/h4-14,23H,1-3H3. The minimum absolute atomic E-state index is 0.816. The molecule has 0 aliphatic heterocycles. The highest BCUT2D eigenvalue weighted by Crippen LogP contribution is 2.31. The largest absolute Gasteiger partial charge is 0.497 e. The lowest BCUT2D eigenvalue weighted by molar-refractivity contribution is 0.414. The van der Waals surface area contributed by atoms with Crippen LogP contribution in [-0.2, 0) is 0 Å². The maximum absolute atomic E-state index is 5.27. The van der Waals surface area contributed by atoms with Crippen LogP contribution in [0.25, 0.3) is 16.6 Å². The van der Waals surface area contributed by atoms with E-state index in [4.69, 9.17) is 14.6 Å². The van der Waals surface area contributed by atoms with Crippen molar-refractivity contribution in [2.24, 2.45) is 0 Å². The fourth-order valence-electron chi connectivity index (χ4n) is 3.09. The molecule has 5 nitrogen and oxygen atoms in total. The third kappa shape index (κ3) is 3.19. The van der Waals surface area contributed by atoms with Crippen molar-refractivity contribution in [2.75, 3.05) is 19.5 Å². The van der Waals surface area contributed by atoms with Gasteiger partial charge in [0.25, 0.3) is 0 Å². The van der Waals surface area contributed by atoms with Gasteiger partial charge in [-0.15, -0.1) is 0 Å². The number of aromatic nitrogens is 2. The van der Waals surface area contributed by atoms with Gasteiger partial charge in [0.05, 0.1) is 25.4 Å². The molecule has 1 heterocycles. The Morgan fingerprint density at radius 1 is 0.815 bits per heavy atom. The number of ether oxygens (including phenoxy) is 2. The second-order valence-electron chi connectivity index (χ2n) is 6.28. The van der Waals surface area contributed by atoms with Crippen molar-refractivity contribution in [2.45, 2.75) is 6.92 Å². The number of anilines is 2. The Hall–Kier alpha value is -3.47. The Morgan fingerprint density at radius 3 is 2.07 bits per heavy atom. The predicted molar refractivity (Wildman–Crippen MR) is 109 cm³/mol. The molecule has 0 atom stereocenters. The van der Waals surface area contributed by atoms with E-state index < -0.39 is 0 Å². The van der Waals surface area contributed by atoms with E-state index >= 15 is 0 Å². The number of rotatable bonds is 5. The van der Waals surface area contributed by atoms with Crippen LogP contribution in [0.3, 0.4) is 0 Å². The summed E-state index contributed by atoms with van der Waals surface area (Å²) in [5, 5.41) is 9.44. The molecular weight excluding hydrogens is 338 g/mol. The van der Waals surface area contributed by atoms with Crippen LogP contribution < -0.4 is 14.8 Å². The van der Waals surface area contributed by atoms with Crippen LogP contribution in [-0.4, -0.2) is 24.0 Å². The molecular formula is C22H21N3O2. The molecule has 0 spiro atoms. The zero-order valence-corrected chi connectivity index (χ0v) is 15.6. The third-order valence-corrected chi connectivity index (χ3v) is 4.57. The van der Waals surface area contributed by atoms with Crippen LogP contribution in [0.15, 0.2) is 66.7 Å². The molecule has 4 aromatic rings. The van der Waals surface area contributed by atoms with Gasteiger partial charge < -0.3 is 14.8 Å². The number of hydrogen-bond donors (Lipinski definition) is 1. The van der Waals surface area contributed by atoms with Gasteiger partial charge in [-0.2, -0.15) is 5.10 Å². The molecule has 0 aliphatic carbocycles. The third-order valence-electron chi connectivity index (χ3n) is 4.57. The highest BCUT2D eigenvalue weighted by Gasteiger charge is 2.14. The Labute approximate surface area is 158 Å². The molecule has 0 fully saturated rings. The van der Waals surface area contributed by atoms with Crippen molar-refractivity contribution in [3.63, 3.8) is 0 Å². The smallest absolute Gasteiger partial charge is 0.142 e. The van der Waals surface area contributed by atoms with Crippen LogP contribution in [0.1, 0.15) is 5.56 Å². The lowest BCUT2D eigenvalue weighted by Crippen LogP contribution is -2.02. The lowest BCUT2D eigenvalue weighted by Gasteiger charge is -2.11. The topological polar surface area (TPSA) is 48.3 Å². The maximum Gasteiger partial charge on any atom is 0.142 e. The summed E-state index contributed by atoms with van der Waals surface area (Å²) in [6.07, 6.45) is 0. The van der Waals surface area contributed by atoms with Crippen molar-refractivity contribution in [1.82, 2.24) is 9.78 Å². The van der Waals surface area contributed by atoms with E-state index in [1.54, 1.807) is 14.2 Å². The first-order valence-electron chi connectivity index (χ1n) is 8.73. The molecule has 0 saturated carbocycles. The second-order valence-corrected chi connectivity index (χ2v) is 6.28. The Morgan fingerprint density at radius 2 is 1.44 bits per heavy atom. The SMILES string of the molecule is COc1ccc(Nc2c3cccc(C)c3nn2-c2ccc(OC)cc2)cc1. The quantitative estimate of drug-likeness (QED) is 0.539. The van der Waals surface area contributed by atoms with Gasteiger partial charge in [-0.25, -0.2) is 4.68 Å². The van der Waals surface area contributed by atoms with Crippen molar-refractivity contribution >= 4 is 22.4 Å². The number of nitrogens with zero attached hydrogens (tertiary/aromatic N) is 2. The van der Waals surface area contributed by atoms with Crippen LogP contribution in [0.5, 0.6) is 11.5 Å². The number of methoxy groups -OCH3 is 2. The van der Waals surface area contributed by atoms with Crippen molar-refractivity contribution in [3.8, 4) is 17.2 Å². The molecule has 1 N–H and O–H groups in total. The Balaban J connectivity index is 1.84. The van der Waals surface area contributed by atoms with Gasteiger partial charge in [-0.05, 0) is 67.1 Å². The first kappa shape index (κ1) is 17.0. The van der Waals surface area contributed by atoms with Gasteiger partial charge in [0, 0.05) is 11.1 Å². The van der Waals surface area contributed by atoms with E-state index in [2.05, 4.69) is 30.4 Å². The van der Waals surface area contributed by atoms with Gasteiger partial charge >= 0.3 is 0 Å². The van der Waals surface area contributed by atoms with E-state index in [1.807, 2.05) is 53.2 Å². The van der Waals surface area contributed by atoms with E-state index in [1.165, 1.54) is 0 Å². The van der Waals surface area contributed by atoms with E-state index in [0.717, 1.165) is 45.2 Å². The number of benzene rings is 3. The normalized spacial score (nSPS) is 10.8. The van der Waals surface area contributed by atoms with E-state index in [0.29, 0.717) is 0 Å². The number of fused-ring (bicyclic) bond motifs is 1. The first-order chi connectivity index (χ1) is 13.2. The van der Waals surface area contributed by atoms with Crippen LogP contribution >= 0.6 is 0 Å². The van der Waals surface area contributed by atoms with Crippen molar-refractivity contribution in [3.05, 3.63) is 72.3 Å². The molecule has 0 amide bonds. The molecule has 1 aromatic heterocycles. The second kappa shape index (κ2) is 7.03. The molecule has 0 saturated heterocycles. The van der Waals surface area contributed by atoms with Gasteiger partial charge in [-0.3, -0.25) is 0 Å². The summed E-state index contributed by atoms with van der Waals surface area (Å²) in [5.41, 5.74) is 4.04. The molecule has 0 aliphatic rings. The molecule has 5 heteroatoms. The van der Waals surface area contributed by atoms with Crippen LogP contribution in [0, 0.1) is 6.92 Å². The van der Waals surface area contributed by atoms with Crippen LogP contribution in [0.2, 0.25) is 0 Å². The summed E-state index contributed by atoms with van der Waals surface area (Å²) in [7, 11) is 3.33. The fourth-order valence-corrected chi connectivity index (χ4v) is 3.09. The van der Waals surface area contributed by atoms with Gasteiger partial charge in [0.15, 0.2) is 0 Å². The maximum atomic E-state index is 5.27. The van der Waals surface area contributed by atoms with Crippen molar-refractivity contribution in [1.29, 1.82) is 0 Å². The Bertz CT molecular complexity index is 1070. The molecule has 0 radical (unpaired) electrons. The number of hydrogen-bond acceptors (Lipinski definition) is 4. The summed E-state index contributed by atoms with van der Waals surface area (Å²) in [6.45, 7) is 2.07. The number of aryl methyl sites for hydroxylation is 1. The minimum atomic E-state index is 0.816. The zero-order valence-electron chi connectivity index (χ0n) is 15.6. The Kier molecular flexibility index (Phi) is 4.42. The predicted octanol–water partition coefficient (Wildman–Crippen LogP) is 5.09. The van der Waals surface area contributed by atoms with Gasteiger partial charge in [0.2, 0.25) is 0 Å². The lowest BCUT2D eigenvalue weighted by atomic mass is 10.1. The molecule has 0 bridgehead atoms. The van der Waals surface area contributed by atoms with Gasteiger partial charge in [-0.1, -0.05) is 12.1 Å². The molecule has 0 unspecified atom stereocenters. The van der Waals surface area contributed by atoms with E-state index in [-0.39, 0.29) is 0 Å². The van der Waals surface area contributed by atoms with Gasteiger partial charge in [0.1, 0.15) is 17.3 Å². The summed E-state index contributed by atoms with van der Waals surface area (Å²) in [6, 6.07) is 21.9. The zero-order chi connectivity index (χ0) is 18.8. The van der Waals surface area contributed by atoms with Crippen LogP contribution in [0.4, 0.5) is 11.5 Å². The average Bonchev–Trinajstić information content (AvgIpc) is 3.08. The molecule has 4 rings (SSSR count). The highest BCUT2D eigenvalue weighted by atomic mass is 16.5. The molecule has 3 aromatic carbocycles. The summed E-state index contributed by atoms with van der Waals surface area (Å²) < 4.78 is 12.5. The summed E-state index contributed by atoms with van der Waals surface area (Å²) in [4.78, 5) is 0. The summed E-state index contributed by atoms with van der Waals surface area (Å²) in [5.74, 6) is 2.56.